The molecule has 0 aliphatic carbocycles. The Kier molecular flexibility index (Phi) is 3.42. The Balaban J connectivity index is 2.15. The minimum atomic E-state index is -2.97. The first kappa shape index (κ1) is 12.8. The maximum atomic E-state index is 11.5. The van der Waals surface area contributed by atoms with Crippen molar-refractivity contribution in [3.05, 3.63) is 0 Å². The highest BCUT2D eigenvalue weighted by atomic mass is 32.2. The smallest absolute Gasteiger partial charge is 0.324 e. The molecule has 1 N–H and O–H groups in total. The summed E-state index contributed by atoms with van der Waals surface area (Å²) in [7, 11) is -2.97. The Morgan fingerprint density at radius 2 is 1.71 bits per heavy atom. The van der Waals surface area contributed by atoms with Crippen LogP contribution >= 0.6 is 0 Å². The molecule has 98 valence electrons. The van der Waals surface area contributed by atoms with E-state index in [2.05, 4.69) is 0 Å². The third-order valence-corrected chi connectivity index (χ3v) is 5.28. The van der Waals surface area contributed by atoms with Crippen molar-refractivity contribution in [2.45, 2.75) is 18.4 Å². The molecule has 0 spiro atoms. The van der Waals surface area contributed by atoms with Gasteiger partial charge in [-0.15, -0.1) is 0 Å². The largest absolute Gasteiger partial charge is 0.480 e. The molecule has 0 aromatic rings. The van der Waals surface area contributed by atoms with Crippen molar-refractivity contribution in [3.63, 3.8) is 0 Å². The molecule has 0 amide bonds. The van der Waals surface area contributed by atoms with Crippen LogP contribution in [0.1, 0.15) is 12.8 Å². The molecule has 0 saturated carbocycles. The van der Waals surface area contributed by atoms with Crippen LogP contribution in [0.2, 0.25) is 0 Å². The third kappa shape index (κ3) is 2.46. The van der Waals surface area contributed by atoms with E-state index < -0.39 is 21.3 Å². The zero-order valence-corrected chi connectivity index (χ0v) is 10.4. The van der Waals surface area contributed by atoms with Crippen molar-refractivity contribution < 1.29 is 23.1 Å². The van der Waals surface area contributed by atoms with E-state index in [-0.39, 0.29) is 11.5 Å². The number of carboxylic acids is 1. The lowest BCUT2D eigenvalue weighted by molar-refractivity contribution is -0.158. The lowest BCUT2D eigenvalue weighted by Crippen LogP contribution is -2.61. The molecule has 0 bridgehead atoms. The van der Waals surface area contributed by atoms with Crippen LogP contribution in [0, 0.1) is 0 Å². The summed E-state index contributed by atoms with van der Waals surface area (Å²) >= 11 is 0. The van der Waals surface area contributed by atoms with E-state index in [1.807, 2.05) is 0 Å². The van der Waals surface area contributed by atoms with Gasteiger partial charge in [0.25, 0.3) is 0 Å². The molecule has 2 aliphatic rings. The number of nitrogens with zero attached hydrogens (tertiary/aromatic N) is 1. The first-order chi connectivity index (χ1) is 7.96. The second-order valence-electron chi connectivity index (χ2n) is 4.59. The molecule has 0 aromatic heterocycles. The van der Waals surface area contributed by atoms with Crippen LogP contribution in [0.5, 0.6) is 0 Å². The molecule has 17 heavy (non-hydrogen) atoms. The van der Waals surface area contributed by atoms with Crippen molar-refractivity contribution in [2.24, 2.45) is 0 Å². The Morgan fingerprint density at radius 1 is 1.18 bits per heavy atom. The van der Waals surface area contributed by atoms with E-state index in [1.165, 1.54) is 0 Å². The molecule has 0 atom stereocenters. The van der Waals surface area contributed by atoms with Gasteiger partial charge in [0.05, 0.1) is 11.5 Å². The van der Waals surface area contributed by atoms with Crippen molar-refractivity contribution in [1.82, 2.24) is 4.90 Å². The van der Waals surface area contributed by atoms with E-state index in [0.29, 0.717) is 39.1 Å². The SMILES string of the molecule is O=C(O)C1(N2CCS(=O)(=O)CC2)CCOCC1. The Labute approximate surface area is 100 Å². The van der Waals surface area contributed by atoms with Crippen LogP contribution < -0.4 is 0 Å². The van der Waals surface area contributed by atoms with Gasteiger partial charge < -0.3 is 9.84 Å². The number of hydrogen-bond donors (Lipinski definition) is 1. The molecule has 0 radical (unpaired) electrons. The van der Waals surface area contributed by atoms with Crippen molar-refractivity contribution in [3.8, 4) is 0 Å². The quantitative estimate of drug-likeness (QED) is 0.713. The van der Waals surface area contributed by atoms with Gasteiger partial charge in [0.15, 0.2) is 9.84 Å². The van der Waals surface area contributed by atoms with E-state index >= 15 is 0 Å². The molecule has 2 fully saturated rings. The number of hydrogen-bond acceptors (Lipinski definition) is 5. The minimum Gasteiger partial charge on any atom is -0.480 e. The van der Waals surface area contributed by atoms with Crippen LogP contribution in [-0.2, 0) is 19.4 Å². The van der Waals surface area contributed by atoms with Gasteiger partial charge >= 0.3 is 5.97 Å². The summed E-state index contributed by atoms with van der Waals surface area (Å²) in [6, 6.07) is 0. The fraction of sp³-hybridized carbons (Fsp3) is 0.900. The molecule has 0 unspecified atom stereocenters. The van der Waals surface area contributed by atoms with Gasteiger partial charge in [0, 0.05) is 26.3 Å². The molecular weight excluding hydrogens is 246 g/mol. The summed E-state index contributed by atoms with van der Waals surface area (Å²) in [4.78, 5) is 13.3. The number of aliphatic carboxylic acids is 1. The summed E-state index contributed by atoms with van der Waals surface area (Å²) in [6.45, 7) is 1.48. The van der Waals surface area contributed by atoms with E-state index in [0.717, 1.165) is 0 Å². The molecule has 2 aliphatic heterocycles. The molecular formula is C10H17NO5S. The lowest BCUT2D eigenvalue weighted by atomic mass is 9.88. The van der Waals surface area contributed by atoms with Crippen LogP contribution in [0.3, 0.4) is 0 Å². The summed E-state index contributed by atoms with van der Waals surface area (Å²) in [5, 5.41) is 9.42. The van der Waals surface area contributed by atoms with Crippen molar-refractivity contribution in [1.29, 1.82) is 0 Å². The molecule has 0 aromatic carbocycles. The first-order valence-electron chi connectivity index (χ1n) is 5.73. The number of carboxylic acid groups (broad SMARTS) is 1. The van der Waals surface area contributed by atoms with Gasteiger partial charge in [-0.05, 0) is 12.8 Å². The lowest BCUT2D eigenvalue weighted by Gasteiger charge is -2.44. The van der Waals surface area contributed by atoms with E-state index in [4.69, 9.17) is 4.74 Å². The Morgan fingerprint density at radius 3 is 2.18 bits per heavy atom. The second kappa shape index (κ2) is 4.55. The second-order valence-corrected chi connectivity index (χ2v) is 6.89. The summed E-state index contributed by atoms with van der Waals surface area (Å²) in [5.74, 6) is -0.744. The summed E-state index contributed by atoms with van der Waals surface area (Å²) < 4.78 is 27.9. The average Bonchev–Trinajstić information content (AvgIpc) is 2.29. The van der Waals surface area contributed by atoms with Crippen LogP contribution in [-0.4, -0.2) is 67.7 Å². The maximum Gasteiger partial charge on any atom is 0.324 e. The minimum absolute atomic E-state index is 0.0584. The van der Waals surface area contributed by atoms with Gasteiger partial charge in [0.2, 0.25) is 0 Å². The molecule has 6 nitrogen and oxygen atoms in total. The zero-order valence-electron chi connectivity index (χ0n) is 9.59. The molecule has 7 heteroatoms. The fourth-order valence-electron chi connectivity index (χ4n) is 2.51. The van der Waals surface area contributed by atoms with Gasteiger partial charge in [-0.25, -0.2) is 8.42 Å². The number of rotatable bonds is 2. The van der Waals surface area contributed by atoms with Gasteiger partial charge in [-0.2, -0.15) is 0 Å². The number of sulfone groups is 1. The third-order valence-electron chi connectivity index (χ3n) is 3.67. The van der Waals surface area contributed by atoms with Crippen LogP contribution in [0.25, 0.3) is 0 Å². The van der Waals surface area contributed by atoms with Gasteiger partial charge in [-0.3, -0.25) is 9.69 Å². The predicted octanol–water partition coefficient (Wildman–Crippen LogP) is -0.649. The van der Waals surface area contributed by atoms with Gasteiger partial charge in [-0.1, -0.05) is 0 Å². The normalized spacial score (nSPS) is 28.7. The fourth-order valence-corrected chi connectivity index (χ4v) is 3.72. The number of ether oxygens (including phenoxy) is 1. The van der Waals surface area contributed by atoms with E-state index in [1.54, 1.807) is 4.90 Å². The average molecular weight is 263 g/mol. The first-order valence-corrected chi connectivity index (χ1v) is 7.55. The van der Waals surface area contributed by atoms with Crippen molar-refractivity contribution in [2.75, 3.05) is 37.8 Å². The Bertz CT molecular complexity index is 385. The highest BCUT2D eigenvalue weighted by molar-refractivity contribution is 7.91. The summed E-state index contributed by atoms with van der Waals surface area (Å²) in [5.41, 5.74) is -0.922. The topological polar surface area (TPSA) is 83.9 Å². The maximum absolute atomic E-state index is 11.5. The molecule has 2 heterocycles. The highest BCUT2D eigenvalue weighted by Crippen LogP contribution is 2.29. The summed E-state index contributed by atoms with van der Waals surface area (Å²) in [6.07, 6.45) is 0.866. The molecule has 2 saturated heterocycles. The Hall–Kier alpha value is -0.660. The monoisotopic (exact) mass is 263 g/mol. The van der Waals surface area contributed by atoms with Crippen LogP contribution in [0.15, 0.2) is 0 Å². The molecule has 2 rings (SSSR count). The highest BCUT2D eigenvalue weighted by Gasteiger charge is 2.46. The van der Waals surface area contributed by atoms with Crippen molar-refractivity contribution >= 4 is 15.8 Å². The standard InChI is InChI=1S/C10H17NO5S/c12-9(13)10(1-5-16-6-2-10)11-3-7-17(14,15)8-4-11/h1-8H2,(H,12,13). The van der Waals surface area contributed by atoms with Crippen LogP contribution in [0.4, 0.5) is 0 Å². The van der Waals surface area contributed by atoms with Gasteiger partial charge in [0.1, 0.15) is 5.54 Å². The predicted molar refractivity (Wildman–Crippen MR) is 60.6 cm³/mol. The number of carbonyl (C=O) groups is 1. The zero-order chi connectivity index (χ0) is 12.5. The van der Waals surface area contributed by atoms with E-state index in [9.17, 15) is 18.3 Å².